The van der Waals surface area contributed by atoms with E-state index in [0.717, 1.165) is 5.56 Å². The van der Waals surface area contributed by atoms with Gasteiger partial charge in [-0.05, 0) is 19.7 Å². The van der Waals surface area contributed by atoms with Crippen molar-refractivity contribution in [2.24, 2.45) is 0 Å². The lowest BCUT2D eigenvalue weighted by Crippen LogP contribution is -2.35. The van der Waals surface area contributed by atoms with Crippen LogP contribution in [0.1, 0.15) is 18.0 Å². The molecule has 1 amide bonds. The van der Waals surface area contributed by atoms with Crippen LogP contribution in [0.2, 0.25) is 0 Å². The summed E-state index contributed by atoms with van der Waals surface area (Å²) in [5.41, 5.74) is 1.06. The molecule has 0 fully saturated rings. The highest BCUT2D eigenvalue weighted by atomic mass is 19.4. The van der Waals surface area contributed by atoms with Gasteiger partial charge >= 0.3 is 6.18 Å². The maximum Gasteiger partial charge on any atom is 0.411 e. The van der Waals surface area contributed by atoms with Crippen LogP contribution >= 0.6 is 0 Å². The maximum atomic E-state index is 11.9. The minimum Gasteiger partial charge on any atom is -0.372 e. The Labute approximate surface area is 128 Å². The van der Waals surface area contributed by atoms with E-state index in [1.165, 1.54) is 0 Å². The van der Waals surface area contributed by atoms with E-state index in [0.29, 0.717) is 6.54 Å². The Bertz CT molecular complexity index is 450. The highest BCUT2D eigenvalue weighted by molar-refractivity contribution is 5.76. The van der Waals surface area contributed by atoms with Crippen molar-refractivity contribution in [2.75, 3.05) is 33.9 Å². The van der Waals surface area contributed by atoms with E-state index in [1.807, 2.05) is 49.3 Å². The Morgan fingerprint density at radius 3 is 2.45 bits per heavy atom. The molecular formula is C15H21F3N2O2. The fraction of sp³-hybridized carbons (Fsp3) is 0.533. The van der Waals surface area contributed by atoms with Crippen LogP contribution in [0.15, 0.2) is 30.3 Å². The molecule has 4 nitrogen and oxygen atoms in total. The fourth-order valence-electron chi connectivity index (χ4n) is 1.93. The quantitative estimate of drug-likeness (QED) is 0.748. The molecule has 0 aromatic heterocycles. The first-order chi connectivity index (χ1) is 10.3. The summed E-state index contributed by atoms with van der Waals surface area (Å²) in [6, 6.07) is 9.66. The molecule has 0 heterocycles. The molecule has 1 rings (SSSR count). The fourth-order valence-corrected chi connectivity index (χ4v) is 1.93. The molecule has 0 saturated heterocycles. The van der Waals surface area contributed by atoms with Gasteiger partial charge in [0.2, 0.25) is 5.91 Å². The van der Waals surface area contributed by atoms with E-state index in [1.54, 1.807) is 0 Å². The summed E-state index contributed by atoms with van der Waals surface area (Å²) in [6.07, 6.45) is -4.45. The maximum absolute atomic E-state index is 11.9. The predicted octanol–water partition coefficient (Wildman–Crippen LogP) is 2.37. The Morgan fingerprint density at radius 1 is 1.27 bits per heavy atom. The molecule has 0 saturated carbocycles. The molecule has 1 aromatic rings. The number of likely N-dealkylation sites (N-methyl/N-ethyl adjacent to an activating group) is 1. The Kier molecular flexibility index (Phi) is 7.34. The highest BCUT2D eigenvalue weighted by Crippen LogP contribution is 2.17. The van der Waals surface area contributed by atoms with E-state index in [2.05, 4.69) is 10.1 Å². The largest absolute Gasteiger partial charge is 0.411 e. The topological polar surface area (TPSA) is 41.6 Å². The van der Waals surface area contributed by atoms with E-state index in [9.17, 15) is 18.0 Å². The van der Waals surface area contributed by atoms with Crippen molar-refractivity contribution >= 4 is 5.91 Å². The first kappa shape index (κ1) is 18.4. The van der Waals surface area contributed by atoms with Crippen molar-refractivity contribution in [2.45, 2.75) is 18.6 Å². The Balaban J connectivity index is 2.35. The van der Waals surface area contributed by atoms with E-state index >= 15 is 0 Å². The van der Waals surface area contributed by atoms with Gasteiger partial charge in [0.25, 0.3) is 0 Å². The molecule has 1 atom stereocenters. The first-order valence-electron chi connectivity index (χ1n) is 6.92. The van der Waals surface area contributed by atoms with E-state index in [-0.39, 0.29) is 25.0 Å². The smallest absolute Gasteiger partial charge is 0.372 e. The molecule has 124 valence electrons. The van der Waals surface area contributed by atoms with Crippen molar-refractivity contribution in [1.82, 2.24) is 10.2 Å². The van der Waals surface area contributed by atoms with Gasteiger partial charge < -0.3 is 15.0 Å². The molecule has 7 heteroatoms. The minimum absolute atomic E-state index is 0.00115. The SMILES string of the molecule is CN(C)C(CNC(=O)CCOCC(F)(F)F)c1ccccc1. The number of hydrogen-bond acceptors (Lipinski definition) is 3. The van der Waals surface area contributed by atoms with Crippen molar-refractivity contribution < 1.29 is 22.7 Å². The molecule has 0 aliphatic carbocycles. The summed E-state index contributed by atoms with van der Waals surface area (Å²) in [5.74, 6) is -0.329. The third-order valence-electron chi connectivity index (χ3n) is 3.04. The summed E-state index contributed by atoms with van der Waals surface area (Å²) in [7, 11) is 3.80. The third-order valence-corrected chi connectivity index (χ3v) is 3.04. The third kappa shape index (κ3) is 7.42. The summed E-state index contributed by atoms with van der Waals surface area (Å²) in [4.78, 5) is 13.6. The van der Waals surface area contributed by atoms with Crippen LogP contribution in [0.4, 0.5) is 13.2 Å². The highest BCUT2D eigenvalue weighted by Gasteiger charge is 2.27. The average Bonchev–Trinajstić information content (AvgIpc) is 2.43. The number of halogens is 3. The molecular weight excluding hydrogens is 297 g/mol. The van der Waals surface area contributed by atoms with Gasteiger partial charge in [-0.1, -0.05) is 30.3 Å². The van der Waals surface area contributed by atoms with Crippen molar-refractivity contribution in [1.29, 1.82) is 0 Å². The number of carbonyl (C=O) groups excluding carboxylic acids is 1. The lowest BCUT2D eigenvalue weighted by Gasteiger charge is -2.25. The monoisotopic (exact) mass is 318 g/mol. The average molecular weight is 318 g/mol. The second-order valence-electron chi connectivity index (χ2n) is 5.11. The summed E-state index contributed by atoms with van der Waals surface area (Å²) in [6.45, 7) is -1.19. The van der Waals surface area contributed by atoms with Gasteiger partial charge in [-0.3, -0.25) is 4.79 Å². The molecule has 1 aromatic carbocycles. The van der Waals surface area contributed by atoms with Gasteiger partial charge in [-0.2, -0.15) is 13.2 Å². The number of nitrogens with zero attached hydrogens (tertiary/aromatic N) is 1. The van der Waals surface area contributed by atoms with Gasteiger partial charge in [0.05, 0.1) is 12.6 Å². The number of amides is 1. The zero-order valence-corrected chi connectivity index (χ0v) is 12.7. The molecule has 1 unspecified atom stereocenters. The predicted molar refractivity (Wildman–Crippen MR) is 77.4 cm³/mol. The van der Waals surface area contributed by atoms with Crippen LogP contribution in [-0.2, 0) is 9.53 Å². The molecule has 0 radical (unpaired) electrons. The Hall–Kier alpha value is -1.60. The van der Waals surface area contributed by atoms with Crippen LogP contribution in [0.5, 0.6) is 0 Å². The number of hydrogen-bond donors (Lipinski definition) is 1. The zero-order chi connectivity index (χ0) is 16.6. The van der Waals surface area contributed by atoms with Gasteiger partial charge in [-0.25, -0.2) is 0 Å². The molecule has 0 aliphatic rings. The summed E-state index contributed by atoms with van der Waals surface area (Å²) < 4.78 is 40.0. The van der Waals surface area contributed by atoms with E-state index in [4.69, 9.17) is 0 Å². The van der Waals surface area contributed by atoms with Crippen LogP contribution in [0, 0.1) is 0 Å². The lowest BCUT2D eigenvalue weighted by molar-refractivity contribution is -0.174. The number of benzene rings is 1. The lowest BCUT2D eigenvalue weighted by atomic mass is 10.1. The van der Waals surface area contributed by atoms with Crippen LogP contribution in [0.3, 0.4) is 0 Å². The molecule has 0 spiro atoms. The van der Waals surface area contributed by atoms with Crippen LogP contribution < -0.4 is 5.32 Å². The molecule has 0 bridgehead atoms. The van der Waals surface area contributed by atoms with Crippen molar-refractivity contribution in [3.8, 4) is 0 Å². The number of nitrogens with one attached hydrogen (secondary N) is 1. The molecule has 22 heavy (non-hydrogen) atoms. The summed E-state index contributed by atoms with van der Waals surface area (Å²) in [5, 5.41) is 2.72. The van der Waals surface area contributed by atoms with Crippen molar-refractivity contribution in [3.63, 3.8) is 0 Å². The number of ether oxygens (including phenoxy) is 1. The van der Waals surface area contributed by atoms with Gasteiger partial charge in [0.15, 0.2) is 0 Å². The summed E-state index contributed by atoms with van der Waals surface area (Å²) >= 11 is 0. The first-order valence-corrected chi connectivity index (χ1v) is 6.92. The van der Waals surface area contributed by atoms with Gasteiger partial charge in [-0.15, -0.1) is 0 Å². The van der Waals surface area contributed by atoms with Gasteiger partial charge in [0.1, 0.15) is 6.61 Å². The number of carbonyl (C=O) groups is 1. The second kappa shape index (κ2) is 8.75. The molecule has 1 N–H and O–H groups in total. The van der Waals surface area contributed by atoms with Crippen LogP contribution in [-0.4, -0.2) is 50.8 Å². The zero-order valence-electron chi connectivity index (χ0n) is 12.7. The van der Waals surface area contributed by atoms with Crippen molar-refractivity contribution in [3.05, 3.63) is 35.9 Å². The van der Waals surface area contributed by atoms with Gasteiger partial charge in [0, 0.05) is 13.0 Å². The Morgan fingerprint density at radius 2 is 1.91 bits per heavy atom. The minimum atomic E-state index is -4.36. The normalized spacial score (nSPS) is 13.2. The molecule has 0 aliphatic heterocycles. The standard InChI is InChI=1S/C15H21F3N2O2/c1-20(2)13(12-6-4-3-5-7-12)10-19-14(21)8-9-22-11-15(16,17)18/h3-7,13H,8-11H2,1-2H3,(H,19,21). The van der Waals surface area contributed by atoms with Crippen LogP contribution in [0.25, 0.3) is 0 Å². The second-order valence-corrected chi connectivity index (χ2v) is 5.11. The van der Waals surface area contributed by atoms with E-state index < -0.39 is 12.8 Å². The number of alkyl halides is 3. The number of rotatable bonds is 8.